The van der Waals surface area contributed by atoms with E-state index in [2.05, 4.69) is 16.4 Å². The first-order valence-electron chi connectivity index (χ1n) is 9.57. The molecule has 0 saturated heterocycles. The van der Waals surface area contributed by atoms with Crippen LogP contribution in [0.4, 0.5) is 0 Å². The molecule has 29 heavy (non-hydrogen) atoms. The number of carbonyl (C=O) groups is 1. The monoisotopic (exact) mass is 410 g/mol. The van der Waals surface area contributed by atoms with E-state index >= 15 is 0 Å². The van der Waals surface area contributed by atoms with E-state index in [1.807, 2.05) is 47.5 Å². The van der Waals surface area contributed by atoms with Gasteiger partial charge >= 0.3 is 5.97 Å². The van der Waals surface area contributed by atoms with Gasteiger partial charge in [0, 0.05) is 17.9 Å². The maximum absolute atomic E-state index is 12.8. The van der Waals surface area contributed by atoms with Gasteiger partial charge in [0.25, 0.3) is 0 Å². The van der Waals surface area contributed by atoms with E-state index in [9.17, 15) is 10.1 Å². The molecule has 2 atom stereocenters. The summed E-state index contributed by atoms with van der Waals surface area (Å²) in [4.78, 5) is 12.8. The van der Waals surface area contributed by atoms with Crippen LogP contribution in [0.25, 0.3) is 0 Å². The molecule has 0 radical (unpaired) electrons. The number of rotatable bonds is 8. The zero-order valence-electron chi connectivity index (χ0n) is 16.3. The summed E-state index contributed by atoms with van der Waals surface area (Å²) in [5.74, 6) is -0.519. The Labute approximate surface area is 175 Å². The van der Waals surface area contributed by atoms with Gasteiger partial charge in [0.2, 0.25) is 0 Å². The van der Waals surface area contributed by atoms with Crippen molar-refractivity contribution in [2.45, 2.75) is 32.4 Å². The summed E-state index contributed by atoms with van der Waals surface area (Å²) in [6.07, 6.45) is 0.490. The Morgan fingerprint density at radius 2 is 1.97 bits per heavy atom. The maximum atomic E-state index is 12.8. The van der Waals surface area contributed by atoms with Crippen LogP contribution in [-0.2, 0) is 22.5 Å². The molecule has 0 bridgehead atoms. The second-order valence-corrected chi connectivity index (χ2v) is 7.55. The van der Waals surface area contributed by atoms with Crippen molar-refractivity contribution < 1.29 is 9.53 Å². The van der Waals surface area contributed by atoms with Gasteiger partial charge in [-0.25, -0.2) is 0 Å². The smallest absolute Gasteiger partial charge is 0.326 e. The molecule has 0 fully saturated rings. The van der Waals surface area contributed by atoms with E-state index < -0.39 is 11.4 Å². The van der Waals surface area contributed by atoms with Gasteiger partial charge in [-0.05, 0) is 30.2 Å². The summed E-state index contributed by atoms with van der Waals surface area (Å²) in [6.45, 7) is 3.14. The molecule has 0 amide bonds. The lowest BCUT2D eigenvalue weighted by Crippen LogP contribution is -2.38. The van der Waals surface area contributed by atoms with Gasteiger partial charge in [0.05, 0.1) is 31.8 Å². The van der Waals surface area contributed by atoms with E-state index in [1.165, 1.54) is 0 Å². The normalized spacial score (nSPS) is 17.6. The zero-order chi connectivity index (χ0) is 20.7. The number of halogens is 1. The molecule has 7 heteroatoms. The highest BCUT2D eigenvalue weighted by atomic mass is 35.5. The lowest BCUT2D eigenvalue weighted by Gasteiger charge is -2.26. The molecule has 0 aliphatic carbocycles. The molecule has 6 nitrogen and oxygen atoms in total. The first-order chi connectivity index (χ1) is 14.0. The number of nitriles is 1. The fourth-order valence-electron chi connectivity index (χ4n) is 3.44. The van der Waals surface area contributed by atoms with E-state index in [0.717, 1.165) is 11.1 Å². The summed E-state index contributed by atoms with van der Waals surface area (Å²) >= 11 is 5.96. The van der Waals surface area contributed by atoms with Crippen molar-refractivity contribution in [1.29, 1.82) is 5.26 Å². The average molecular weight is 411 g/mol. The topological polar surface area (TPSA) is 78.0 Å². The predicted octanol–water partition coefficient (Wildman–Crippen LogP) is 4.60. The first kappa shape index (κ1) is 20.8. The number of nitrogens with zero attached hydrogens (tertiary/aromatic N) is 4. The average Bonchev–Trinajstić information content (AvgIpc) is 3.16. The van der Waals surface area contributed by atoms with Crippen molar-refractivity contribution in [3.8, 4) is 6.07 Å². The summed E-state index contributed by atoms with van der Waals surface area (Å²) in [5.41, 5.74) is 0.654. The van der Waals surface area contributed by atoms with Crippen LogP contribution in [0.5, 0.6) is 0 Å². The number of hydrogen-bond acceptors (Lipinski definition) is 6. The Kier molecular flexibility index (Phi) is 6.84. The van der Waals surface area contributed by atoms with Crippen molar-refractivity contribution in [2.24, 2.45) is 15.8 Å². The minimum Gasteiger partial charge on any atom is -0.465 e. The number of benzene rings is 2. The number of ether oxygens (including phenoxy) is 1. The van der Waals surface area contributed by atoms with Crippen molar-refractivity contribution >= 4 is 17.6 Å². The number of hydrogen-bond donors (Lipinski definition) is 0. The molecule has 150 valence electrons. The minimum atomic E-state index is -1.32. The molecule has 2 unspecified atom stereocenters. The van der Waals surface area contributed by atoms with Crippen molar-refractivity contribution in [2.75, 3.05) is 13.2 Å². The van der Waals surface area contributed by atoms with Gasteiger partial charge in [-0.1, -0.05) is 59.3 Å². The summed E-state index contributed by atoms with van der Waals surface area (Å²) < 4.78 is 5.25. The molecular weight excluding hydrogens is 388 g/mol. The molecule has 1 aliphatic rings. The van der Waals surface area contributed by atoms with Crippen molar-refractivity contribution in [3.63, 3.8) is 0 Å². The maximum Gasteiger partial charge on any atom is 0.326 e. The highest BCUT2D eigenvalue weighted by Crippen LogP contribution is 2.33. The van der Waals surface area contributed by atoms with E-state index in [4.69, 9.17) is 16.3 Å². The fraction of sp³-hybridized carbons (Fsp3) is 0.364. The van der Waals surface area contributed by atoms with Gasteiger partial charge in [-0.15, -0.1) is 0 Å². The molecule has 2 aromatic rings. The molecule has 0 aromatic heterocycles. The Balaban J connectivity index is 1.73. The van der Waals surface area contributed by atoms with Gasteiger partial charge in [-0.3, -0.25) is 9.80 Å². The number of carbonyl (C=O) groups excluding carboxylic acids is 1. The van der Waals surface area contributed by atoms with Crippen LogP contribution in [0.15, 0.2) is 64.9 Å². The van der Waals surface area contributed by atoms with Crippen molar-refractivity contribution in [3.05, 3.63) is 70.7 Å². The molecule has 0 N–H and O–H groups in total. The van der Waals surface area contributed by atoms with E-state index in [1.54, 1.807) is 19.1 Å². The van der Waals surface area contributed by atoms with Gasteiger partial charge in [-0.2, -0.15) is 10.4 Å². The molecule has 2 aromatic carbocycles. The Morgan fingerprint density at radius 3 is 2.62 bits per heavy atom. The van der Waals surface area contributed by atoms with Crippen molar-refractivity contribution in [1.82, 2.24) is 5.01 Å². The van der Waals surface area contributed by atoms with Crippen LogP contribution in [0.3, 0.4) is 0 Å². The molecule has 1 heterocycles. The van der Waals surface area contributed by atoms with Crippen LogP contribution < -0.4 is 0 Å². The molecule has 0 spiro atoms. The molecular formula is C22H23ClN4O2. The third-order valence-electron chi connectivity index (χ3n) is 4.85. The summed E-state index contributed by atoms with van der Waals surface area (Å²) in [5, 5.41) is 21.0. The molecule has 1 aliphatic heterocycles. The van der Waals surface area contributed by atoms with Crippen LogP contribution in [0.2, 0.25) is 5.02 Å². The fourth-order valence-corrected chi connectivity index (χ4v) is 3.56. The Hall–Kier alpha value is -2.91. The van der Waals surface area contributed by atoms with Crippen LogP contribution in [-0.4, -0.2) is 30.2 Å². The molecule has 3 rings (SSSR count). The summed E-state index contributed by atoms with van der Waals surface area (Å²) in [7, 11) is 0. The zero-order valence-corrected chi connectivity index (χ0v) is 17.0. The largest absolute Gasteiger partial charge is 0.465 e. The van der Waals surface area contributed by atoms with E-state index in [0.29, 0.717) is 18.1 Å². The Morgan fingerprint density at radius 1 is 1.24 bits per heavy atom. The van der Waals surface area contributed by atoms with Crippen LogP contribution in [0, 0.1) is 16.7 Å². The highest BCUT2D eigenvalue weighted by molar-refractivity contribution is 6.30. The third kappa shape index (κ3) is 5.33. The van der Waals surface area contributed by atoms with Gasteiger partial charge in [0.15, 0.2) is 5.41 Å². The lowest BCUT2D eigenvalue weighted by molar-refractivity contribution is -0.152. The minimum absolute atomic E-state index is 0.217. The third-order valence-corrected chi connectivity index (χ3v) is 5.11. The second kappa shape index (κ2) is 9.53. The first-order valence-corrected chi connectivity index (χ1v) is 9.95. The van der Waals surface area contributed by atoms with Gasteiger partial charge < -0.3 is 4.74 Å². The summed E-state index contributed by atoms with van der Waals surface area (Å²) in [6, 6.07) is 19.1. The van der Waals surface area contributed by atoms with Gasteiger partial charge in [0.1, 0.15) is 0 Å². The highest BCUT2D eigenvalue weighted by Gasteiger charge is 2.44. The van der Waals surface area contributed by atoms with Crippen LogP contribution in [0.1, 0.15) is 24.5 Å². The lowest BCUT2D eigenvalue weighted by atomic mass is 9.77. The van der Waals surface area contributed by atoms with E-state index in [-0.39, 0.29) is 25.5 Å². The standard InChI is InChI=1S/C22H23ClN4O2/c1-2-29-21(28)22(16-24,12-17-8-10-19(23)11-9-17)13-20-15-27(26-25-20)14-18-6-4-3-5-7-18/h3-11,20H,2,12-15H2,1H3. The quantitative estimate of drug-likeness (QED) is 0.596. The van der Waals surface area contributed by atoms with Crippen LogP contribution >= 0.6 is 11.6 Å². The SMILES string of the molecule is CCOC(=O)C(C#N)(Cc1ccc(Cl)cc1)CC1CN(Cc2ccccc2)N=N1. The Bertz CT molecular complexity index is 895. The predicted molar refractivity (Wildman–Crippen MR) is 110 cm³/mol. The second-order valence-electron chi connectivity index (χ2n) is 7.11. The number of esters is 1. The molecule has 0 saturated carbocycles.